The van der Waals surface area contributed by atoms with E-state index in [1.54, 1.807) is 14.2 Å². The van der Waals surface area contributed by atoms with Crippen LogP contribution >= 0.6 is 0 Å². The van der Waals surface area contributed by atoms with Crippen LogP contribution in [0.2, 0.25) is 0 Å². The molecule has 1 N–H and O–H groups in total. The molecule has 5 nitrogen and oxygen atoms in total. The summed E-state index contributed by atoms with van der Waals surface area (Å²) >= 11 is 0. The molecule has 2 aromatic carbocycles. The molecule has 28 heavy (non-hydrogen) atoms. The lowest BCUT2D eigenvalue weighted by atomic mass is 10.1. The smallest absolute Gasteiger partial charge is 0.220 e. The Kier molecular flexibility index (Phi) is 8.18. The fourth-order valence-electron chi connectivity index (χ4n) is 3.00. The Hall–Kier alpha value is -2.69. The van der Waals surface area contributed by atoms with Crippen LogP contribution in [0.1, 0.15) is 48.9 Å². The summed E-state index contributed by atoms with van der Waals surface area (Å²) in [6.45, 7) is 6.64. The first-order chi connectivity index (χ1) is 13.4. The molecule has 1 unspecified atom stereocenters. The van der Waals surface area contributed by atoms with Gasteiger partial charge in [-0.3, -0.25) is 4.79 Å². The summed E-state index contributed by atoms with van der Waals surface area (Å²) in [6, 6.07) is 11.6. The van der Waals surface area contributed by atoms with Crippen molar-refractivity contribution in [1.29, 1.82) is 0 Å². The second kappa shape index (κ2) is 10.6. The van der Waals surface area contributed by atoms with Crippen LogP contribution in [0.3, 0.4) is 0 Å². The normalized spacial score (nSPS) is 11.6. The van der Waals surface area contributed by atoms with E-state index in [2.05, 4.69) is 24.4 Å². The SMILES string of the molecule is COc1ccc(OC)c(C(C)NC(=O)CCCCOc2cc(C)ccc2C)c1. The van der Waals surface area contributed by atoms with Crippen LogP contribution in [0.25, 0.3) is 0 Å². The van der Waals surface area contributed by atoms with Gasteiger partial charge in [-0.05, 0) is 69.0 Å². The summed E-state index contributed by atoms with van der Waals surface area (Å²) in [5.74, 6) is 2.41. The molecule has 0 radical (unpaired) electrons. The number of carbonyl (C=O) groups excluding carboxylic acids is 1. The number of unbranched alkanes of at least 4 members (excludes halogenated alkanes) is 1. The summed E-state index contributed by atoms with van der Waals surface area (Å²) < 4.78 is 16.5. The van der Waals surface area contributed by atoms with Crippen LogP contribution in [0.15, 0.2) is 36.4 Å². The Morgan fingerprint density at radius 1 is 1.00 bits per heavy atom. The number of rotatable bonds is 10. The zero-order valence-corrected chi connectivity index (χ0v) is 17.5. The molecule has 1 atom stereocenters. The maximum Gasteiger partial charge on any atom is 0.220 e. The van der Waals surface area contributed by atoms with Gasteiger partial charge < -0.3 is 19.5 Å². The molecule has 152 valence electrons. The molecule has 0 aliphatic heterocycles. The molecule has 1 amide bonds. The van der Waals surface area contributed by atoms with Gasteiger partial charge in [0.1, 0.15) is 17.2 Å². The average Bonchev–Trinajstić information content (AvgIpc) is 2.69. The van der Waals surface area contributed by atoms with Crippen molar-refractivity contribution >= 4 is 5.91 Å². The highest BCUT2D eigenvalue weighted by Gasteiger charge is 2.15. The van der Waals surface area contributed by atoms with E-state index in [4.69, 9.17) is 14.2 Å². The van der Waals surface area contributed by atoms with Gasteiger partial charge in [0.15, 0.2) is 0 Å². The summed E-state index contributed by atoms with van der Waals surface area (Å²) in [7, 11) is 3.24. The molecular formula is C23H31NO4. The van der Waals surface area contributed by atoms with Gasteiger partial charge in [-0.25, -0.2) is 0 Å². The monoisotopic (exact) mass is 385 g/mol. The Bertz CT molecular complexity index is 788. The fraction of sp³-hybridized carbons (Fsp3) is 0.435. The Labute approximate surface area is 168 Å². The minimum Gasteiger partial charge on any atom is -0.497 e. The maximum atomic E-state index is 12.3. The number of amides is 1. The third-order valence-electron chi connectivity index (χ3n) is 4.68. The highest BCUT2D eigenvalue weighted by molar-refractivity contribution is 5.76. The van der Waals surface area contributed by atoms with Crippen molar-refractivity contribution < 1.29 is 19.0 Å². The minimum atomic E-state index is -0.163. The van der Waals surface area contributed by atoms with Crippen molar-refractivity contribution in [2.24, 2.45) is 0 Å². The van der Waals surface area contributed by atoms with E-state index in [1.807, 2.05) is 38.1 Å². The number of carbonyl (C=O) groups is 1. The van der Waals surface area contributed by atoms with Gasteiger partial charge in [-0.2, -0.15) is 0 Å². The predicted octanol–water partition coefficient (Wildman–Crippen LogP) is 4.75. The lowest BCUT2D eigenvalue weighted by Crippen LogP contribution is -2.26. The van der Waals surface area contributed by atoms with Crippen molar-refractivity contribution in [3.8, 4) is 17.2 Å². The third-order valence-corrected chi connectivity index (χ3v) is 4.68. The second-order valence-electron chi connectivity index (χ2n) is 6.97. The van der Waals surface area contributed by atoms with Crippen LogP contribution in [0.4, 0.5) is 0 Å². The van der Waals surface area contributed by atoms with E-state index in [0.29, 0.717) is 13.0 Å². The van der Waals surface area contributed by atoms with Gasteiger partial charge in [0, 0.05) is 12.0 Å². The third kappa shape index (κ3) is 6.19. The quantitative estimate of drug-likeness (QED) is 0.600. The highest BCUT2D eigenvalue weighted by atomic mass is 16.5. The van der Waals surface area contributed by atoms with E-state index in [9.17, 15) is 4.79 Å². The summed E-state index contributed by atoms with van der Waals surface area (Å²) in [5.41, 5.74) is 3.21. The maximum absolute atomic E-state index is 12.3. The molecule has 0 heterocycles. The van der Waals surface area contributed by atoms with Crippen molar-refractivity contribution in [3.05, 3.63) is 53.1 Å². The van der Waals surface area contributed by atoms with E-state index in [1.165, 1.54) is 5.56 Å². The minimum absolute atomic E-state index is 0.0177. The number of hydrogen-bond acceptors (Lipinski definition) is 4. The average molecular weight is 386 g/mol. The van der Waals surface area contributed by atoms with Gasteiger partial charge >= 0.3 is 0 Å². The van der Waals surface area contributed by atoms with Gasteiger partial charge in [-0.15, -0.1) is 0 Å². The molecule has 5 heteroatoms. The number of methoxy groups -OCH3 is 2. The standard InChI is InChI=1S/C23H31NO4/c1-16-9-10-17(2)22(14-16)28-13-7-6-8-23(25)24-18(3)20-15-19(26-4)11-12-21(20)27-5/h9-12,14-15,18H,6-8,13H2,1-5H3,(H,24,25). The number of nitrogens with one attached hydrogen (secondary N) is 1. The molecule has 0 saturated carbocycles. The number of ether oxygens (including phenoxy) is 3. The topological polar surface area (TPSA) is 56.8 Å². The van der Waals surface area contributed by atoms with E-state index >= 15 is 0 Å². The lowest BCUT2D eigenvalue weighted by Gasteiger charge is -2.18. The molecule has 0 aliphatic rings. The van der Waals surface area contributed by atoms with Crippen LogP contribution in [-0.4, -0.2) is 26.7 Å². The van der Waals surface area contributed by atoms with Crippen molar-refractivity contribution in [3.63, 3.8) is 0 Å². The fourth-order valence-corrected chi connectivity index (χ4v) is 3.00. The van der Waals surface area contributed by atoms with Crippen LogP contribution in [0.5, 0.6) is 17.2 Å². The zero-order chi connectivity index (χ0) is 20.5. The summed E-state index contributed by atoms with van der Waals surface area (Å²) in [4.78, 5) is 12.3. The first-order valence-electron chi connectivity index (χ1n) is 9.66. The Balaban J connectivity index is 1.77. The predicted molar refractivity (Wildman–Crippen MR) is 111 cm³/mol. The van der Waals surface area contributed by atoms with Crippen molar-refractivity contribution in [1.82, 2.24) is 5.32 Å². The number of hydrogen-bond donors (Lipinski definition) is 1. The molecule has 0 aromatic heterocycles. The molecule has 2 aromatic rings. The largest absolute Gasteiger partial charge is 0.497 e. The molecule has 2 rings (SSSR count). The summed E-state index contributed by atoms with van der Waals surface area (Å²) in [5, 5.41) is 3.03. The molecule has 0 bridgehead atoms. The molecule has 0 spiro atoms. The summed E-state index contributed by atoms with van der Waals surface area (Å²) in [6.07, 6.45) is 2.07. The van der Waals surface area contributed by atoms with Crippen molar-refractivity contribution in [2.75, 3.05) is 20.8 Å². The lowest BCUT2D eigenvalue weighted by molar-refractivity contribution is -0.121. The zero-order valence-electron chi connectivity index (χ0n) is 17.5. The molecule has 0 saturated heterocycles. The second-order valence-corrected chi connectivity index (χ2v) is 6.97. The highest BCUT2D eigenvalue weighted by Crippen LogP contribution is 2.29. The Morgan fingerprint density at radius 3 is 2.50 bits per heavy atom. The molecule has 0 aliphatic carbocycles. The van der Waals surface area contributed by atoms with Gasteiger partial charge in [0.05, 0.1) is 26.9 Å². The van der Waals surface area contributed by atoms with Gasteiger partial charge in [0.2, 0.25) is 5.91 Å². The Morgan fingerprint density at radius 2 is 1.79 bits per heavy atom. The van der Waals surface area contributed by atoms with E-state index < -0.39 is 0 Å². The van der Waals surface area contributed by atoms with Crippen LogP contribution in [0, 0.1) is 13.8 Å². The first-order valence-corrected chi connectivity index (χ1v) is 9.66. The van der Waals surface area contributed by atoms with Crippen molar-refractivity contribution in [2.45, 2.75) is 46.1 Å². The van der Waals surface area contributed by atoms with Crippen LogP contribution in [-0.2, 0) is 4.79 Å². The number of aryl methyl sites for hydroxylation is 2. The van der Waals surface area contributed by atoms with E-state index in [-0.39, 0.29) is 11.9 Å². The van der Waals surface area contributed by atoms with Crippen LogP contribution < -0.4 is 19.5 Å². The number of benzene rings is 2. The van der Waals surface area contributed by atoms with E-state index in [0.717, 1.165) is 41.2 Å². The first kappa shape index (κ1) is 21.6. The molecule has 0 fully saturated rings. The molecular weight excluding hydrogens is 354 g/mol. The van der Waals surface area contributed by atoms with Gasteiger partial charge in [-0.1, -0.05) is 12.1 Å². The van der Waals surface area contributed by atoms with Gasteiger partial charge in [0.25, 0.3) is 0 Å².